The Hall–Kier alpha value is -1.59. The van der Waals surface area contributed by atoms with Crippen molar-refractivity contribution in [1.82, 2.24) is 5.32 Å². The highest BCUT2D eigenvalue weighted by Crippen LogP contribution is 2.34. The third-order valence-electron chi connectivity index (χ3n) is 3.83. The Kier molecular flexibility index (Phi) is 4.95. The Balaban J connectivity index is 1.62. The fourth-order valence-electron chi connectivity index (χ4n) is 2.65. The molecule has 2 aliphatic heterocycles. The lowest BCUT2D eigenvalue weighted by molar-refractivity contribution is -0.115. The first-order valence-corrected chi connectivity index (χ1v) is 8.65. The second-order valence-electron chi connectivity index (χ2n) is 5.50. The summed E-state index contributed by atoms with van der Waals surface area (Å²) in [4.78, 5) is 16.7. The third kappa shape index (κ3) is 3.99. The molecule has 0 aromatic heterocycles. The fraction of sp³-hybridized carbons (Fsp3) is 0.412. The molecule has 116 valence electrons. The molecule has 22 heavy (non-hydrogen) atoms. The molecular weight excluding hydrogens is 296 g/mol. The van der Waals surface area contributed by atoms with Crippen LogP contribution in [0.2, 0.25) is 0 Å². The predicted molar refractivity (Wildman–Crippen MR) is 90.7 cm³/mol. The van der Waals surface area contributed by atoms with Crippen molar-refractivity contribution in [2.24, 2.45) is 4.99 Å². The number of hydrogen-bond donors (Lipinski definition) is 1. The van der Waals surface area contributed by atoms with Gasteiger partial charge in [0.1, 0.15) is 0 Å². The molecule has 5 heteroatoms. The van der Waals surface area contributed by atoms with E-state index in [2.05, 4.69) is 10.3 Å². The highest BCUT2D eigenvalue weighted by atomic mass is 32.2. The normalized spacial score (nSPS) is 25.2. The third-order valence-corrected chi connectivity index (χ3v) is 4.70. The number of amides is 1. The summed E-state index contributed by atoms with van der Waals surface area (Å²) >= 11 is 1.58. The largest absolute Gasteiger partial charge is 0.354 e. The van der Waals surface area contributed by atoms with Crippen molar-refractivity contribution < 1.29 is 9.53 Å². The van der Waals surface area contributed by atoms with Crippen LogP contribution in [0.1, 0.15) is 31.2 Å². The first-order valence-electron chi connectivity index (χ1n) is 7.67. The number of amidine groups is 1. The number of hydrogen-bond acceptors (Lipinski definition) is 4. The zero-order valence-corrected chi connectivity index (χ0v) is 13.3. The maximum Gasteiger partial charge on any atom is 0.249 e. The quantitative estimate of drug-likeness (QED) is 0.852. The van der Waals surface area contributed by atoms with Crippen LogP contribution in [-0.2, 0) is 9.53 Å². The molecule has 1 spiro atoms. The standard InChI is InChI=1S/C17H20N2O2S/c20-15(9-8-14-6-2-1-3-7-14)18-16-19-17(11-13-22-16)10-4-5-12-21-17/h1-3,6-9H,4-5,10-13H2,(H,18,19,20)/b9-8+. The van der Waals surface area contributed by atoms with Crippen LogP contribution in [0.3, 0.4) is 0 Å². The van der Waals surface area contributed by atoms with Crippen LogP contribution < -0.4 is 5.32 Å². The van der Waals surface area contributed by atoms with Crippen LogP contribution in [0.5, 0.6) is 0 Å². The van der Waals surface area contributed by atoms with Gasteiger partial charge in [0.25, 0.3) is 0 Å². The predicted octanol–water partition coefficient (Wildman–Crippen LogP) is 3.21. The van der Waals surface area contributed by atoms with Crippen molar-refractivity contribution in [3.05, 3.63) is 42.0 Å². The highest BCUT2D eigenvalue weighted by molar-refractivity contribution is 8.13. The Morgan fingerprint density at radius 3 is 2.91 bits per heavy atom. The van der Waals surface area contributed by atoms with Crippen LogP contribution in [0.15, 0.2) is 41.4 Å². The molecule has 0 radical (unpaired) electrons. The van der Waals surface area contributed by atoms with E-state index in [1.807, 2.05) is 30.3 Å². The van der Waals surface area contributed by atoms with Gasteiger partial charge in [-0.05, 0) is 30.9 Å². The van der Waals surface area contributed by atoms with Gasteiger partial charge >= 0.3 is 0 Å². The average molecular weight is 316 g/mol. The summed E-state index contributed by atoms with van der Waals surface area (Å²) in [6.07, 6.45) is 7.47. The minimum absolute atomic E-state index is 0.150. The lowest BCUT2D eigenvalue weighted by Gasteiger charge is -2.36. The zero-order chi connectivity index (χ0) is 15.3. The maximum atomic E-state index is 12.0. The van der Waals surface area contributed by atoms with E-state index >= 15 is 0 Å². The molecule has 4 nitrogen and oxygen atoms in total. The van der Waals surface area contributed by atoms with Gasteiger partial charge in [0.05, 0.1) is 0 Å². The number of nitrogens with zero attached hydrogens (tertiary/aromatic N) is 1. The van der Waals surface area contributed by atoms with Crippen molar-refractivity contribution in [1.29, 1.82) is 0 Å². The summed E-state index contributed by atoms with van der Waals surface area (Å²) in [5.41, 5.74) is 0.609. The smallest absolute Gasteiger partial charge is 0.249 e. The second-order valence-corrected chi connectivity index (χ2v) is 6.58. The number of carbonyl (C=O) groups excluding carboxylic acids is 1. The van der Waals surface area contributed by atoms with Crippen molar-refractivity contribution in [2.75, 3.05) is 12.4 Å². The first-order chi connectivity index (χ1) is 10.8. The Labute approximate surface area is 135 Å². The van der Waals surface area contributed by atoms with Gasteiger partial charge in [-0.1, -0.05) is 42.1 Å². The topological polar surface area (TPSA) is 50.7 Å². The van der Waals surface area contributed by atoms with Crippen molar-refractivity contribution in [3.63, 3.8) is 0 Å². The number of carbonyl (C=O) groups is 1. The monoisotopic (exact) mass is 316 g/mol. The van der Waals surface area contributed by atoms with Crippen molar-refractivity contribution in [3.8, 4) is 0 Å². The van der Waals surface area contributed by atoms with E-state index in [4.69, 9.17) is 4.74 Å². The van der Waals surface area contributed by atoms with E-state index in [0.29, 0.717) is 5.17 Å². The molecule has 1 atom stereocenters. The Morgan fingerprint density at radius 1 is 1.27 bits per heavy atom. The molecular formula is C17H20N2O2S. The average Bonchev–Trinajstić information content (AvgIpc) is 2.55. The molecule has 0 bridgehead atoms. The van der Waals surface area contributed by atoms with E-state index in [1.165, 1.54) is 0 Å². The second kappa shape index (κ2) is 7.11. The number of ether oxygens (including phenoxy) is 1. The van der Waals surface area contributed by atoms with E-state index in [9.17, 15) is 4.79 Å². The number of benzene rings is 1. The van der Waals surface area contributed by atoms with E-state index < -0.39 is 5.72 Å². The van der Waals surface area contributed by atoms with Crippen molar-refractivity contribution in [2.45, 2.75) is 31.4 Å². The molecule has 1 fully saturated rings. The maximum absolute atomic E-state index is 12.0. The highest BCUT2D eigenvalue weighted by Gasteiger charge is 2.35. The van der Waals surface area contributed by atoms with Gasteiger partial charge in [-0.15, -0.1) is 0 Å². The van der Waals surface area contributed by atoms with Crippen LogP contribution >= 0.6 is 11.8 Å². The van der Waals surface area contributed by atoms with Crippen LogP contribution in [0.25, 0.3) is 6.08 Å². The van der Waals surface area contributed by atoms with Gasteiger partial charge in [-0.25, -0.2) is 4.99 Å². The van der Waals surface area contributed by atoms with Gasteiger partial charge in [-0.2, -0.15) is 0 Å². The van der Waals surface area contributed by atoms with E-state index in [-0.39, 0.29) is 5.91 Å². The molecule has 1 aromatic rings. The minimum atomic E-state index is -0.394. The molecule has 2 heterocycles. The molecule has 0 saturated carbocycles. The summed E-state index contributed by atoms with van der Waals surface area (Å²) < 4.78 is 5.88. The van der Waals surface area contributed by atoms with Gasteiger partial charge in [0.2, 0.25) is 5.91 Å². The van der Waals surface area contributed by atoms with Gasteiger partial charge in [0, 0.05) is 24.9 Å². The van der Waals surface area contributed by atoms with Crippen LogP contribution in [0.4, 0.5) is 0 Å². The molecule has 1 amide bonds. The summed E-state index contributed by atoms with van der Waals surface area (Å²) in [6.45, 7) is 0.767. The SMILES string of the molecule is O=C(/C=C/c1ccccc1)NC1=NC2(CCCCO2)CCS1. The van der Waals surface area contributed by atoms with Crippen LogP contribution in [-0.4, -0.2) is 29.2 Å². The molecule has 3 rings (SSSR count). The zero-order valence-electron chi connectivity index (χ0n) is 12.5. The molecule has 1 N–H and O–H groups in total. The van der Waals surface area contributed by atoms with Crippen LogP contribution in [0, 0.1) is 0 Å². The molecule has 1 aromatic carbocycles. The lowest BCUT2D eigenvalue weighted by atomic mass is 10.0. The molecule has 1 saturated heterocycles. The summed E-state index contributed by atoms with van der Waals surface area (Å²) in [6, 6.07) is 9.77. The minimum Gasteiger partial charge on any atom is -0.354 e. The first kappa shape index (κ1) is 15.3. The Bertz CT molecular complexity index is 578. The summed E-state index contributed by atoms with van der Waals surface area (Å²) in [5.74, 6) is 0.782. The molecule has 2 aliphatic rings. The fourth-order valence-corrected chi connectivity index (χ4v) is 3.67. The van der Waals surface area contributed by atoms with Gasteiger partial charge in [0.15, 0.2) is 10.9 Å². The number of rotatable bonds is 2. The molecule has 1 unspecified atom stereocenters. The Morgan fingerprint density at radius 2 is 2.14 bits per heavy atom. The number of thioether (sulfide) groups is 1. The van der Waals surface area contributed by atoms with E-state index in [1.54, 1.807) is 23.9 Å². The number of nitrogens with one attached hydrogen (secondary N) is 1. The molecule has 0 aliphatic carbocycles. The summed E-state index contributed by atoms with van der Waals surface area (Å²) in [5, 5.41) is 3.54. The van der Waals surface area contributed by atoms with Crippen molar-refractivity contribution >= 4 is 28.9 Å². The number of aliphatic imine (C=N–C) groups is 1. The van der Waals surface area contributed by atoms with Gasteiger partial charge in [-0.3, -0.25) is 4.79 Å². The van der Waals surface area contributed by atoms with E-state index in [0.717, 1.165) is 43.6 Å². The van der Waals surface area contributed by atoms with Gasteiger partial charge < -0.3 is 10.1 Å². The lowest BCUT2D eigenvalue weighted by Crippen LogP contribution is -2.41. The summed E-state index contributed by atoms with van der Waals surface area (Å²) in [7, 11) is 0.